The van der Waals surface area contributed by atoms with Crippen molar-refractivity contribution in [2.24, 2.45) is 0 Å². The molecule has 0 atom stereocenters. The van der Waals surface area contributed by atoms with E-state index in [1.165, 1.54) is 35.2 Å². The average molecular weight is 412 g/mol. The Kier molecular flexibility index (Phi) is 3.78. The van der Waals surface area contributed by atoms with Crippen LogP contribution in [0.2, 0.25) is 5.02 Å². The summed E-state index contributed by atoms with van der Waals surface area (Å²) in [4.78, 5) is 2.40. The zero-order valence-electron chi connectivity index (χ0n) is 16.8. The number of halogens is 1. The topological polar surface area (TPSA) is 18.5 Å². The zero-order chi connectivity index (χ0) is 20.3. The highest BCUT2D eigenvalue weighted by atomic mass is 35.5. The molecule has 4 heteroatoms. The van der Waals surface area contributed by atoms with Crippen molar-refractivity contribution in [1.29, 1.82) is 0 Å². The second-order valence-corrected chi connectivity index (χ2v) is 8.75. The largest absolute Gasteiger partial charge is 0.369 e. The third-order valence-electron chi connectivity index (χ3n) is 6.49. The van der Waals surface area contributed by atoms with Crippen LogP contribution >= 0.6 is 11.6 Å². The molecule has 1 N–H and O–H groups in total. The average Bonchev–Trinajstić information content (AvgIpc) is 3.49. The summed E-state index contributed by atoms with van der Waals surface area (Å²) < 4.78 is 0. The van der Waals surface area contributed by atoms with Crippen molar-refractivity contribution in [3.63, 3.8) is 0 Å². The summed E-state index contributed by atoms with van der Waals surface area (Å²) in [6, 6.07) is 25.4. The molecular formula is C26H22ClN3. The highest BCUT2D eigenvalue weighted by Crippen LogP contribution is 2.56. The molecule has 3 aromatic carbocycles. The smallest absolute Gasteiger partial charge is 0.0810 e. The number of benzene rings is 3. The van der Waals surface area contributed by atoms with E-state index in [0.717, 1.165) is 22.0 Å². The van der Waals surface area contributed by atoms with E-state index in [1.54, 1.807) is 0 Å². The van der Waals surface area contributed by atoms with Crippen LogP contribution in [0.3, 0.4) is 0 Å². The van der Waals surface area contributed by atoms with Gasteiger partial charge in [-0.3, -0.25) is 10.4 Å². The van der Waals surface area contributed by atoms with E-state index in [4.69, 9.17) is 11.6 Å². The van der Waals surface area contributed by atoms with Crippen LogP contribution in [0, 0.1) is 0 Å². The molecule has 6 rings (SSSR count). The van der Waals surface area contributed by atoms with Gasteiger partial charge in [-0.1, -0.05) is 66.2 Å². The van der Waals surface area contributed by atoms with Crippen LogP contribution in [-0.2, 0) is 5.54 Å². The lowest BCUT2D eigenvalue weighted by molar-refractivity contribution is 0.315. The predicted molar refractivity (Wildman–Crippen MR) is 124 cm³/mol. The molecule has 0 aromatic heterocycles. The maximum atomic E-state index is 6.27. The molecule has 2 aliphatic heterocycles. The van der Waals surface area contributed by atoms with Crippen LogP contribution in [0.5, 0.6) is 0 Å². The number of nitrogens with one attached hydrogen (secondary N) is 1. The van der Waals surface area contributed by atoms with E-state index < -0.39 is 0 Å². The number of fused-ring (bicyclic) bond motifs is 4. The Bertz CT molecular complexity index is 1210. The first kappa shape index (κ1) is 17.7. The molecule has 148 valence electrons. The molecule has 1 aliphatic carbocycles. The van der Waals surface area contributed by atoms with Crippen molar-refractivity contribution < 1.29 is 0 Å². The van der Waals surface area contributed by atoms with E-state index in [1.807, 2.05) is 24.3 Å². The number of nitrogens with zero attached hydrogens (tertiary/aromatic N) is 2. The molecule has 2 heterocycles. The quantitative estimate of drug-likeness (QED) is 0.545. The number of hydrogen-bond acceptors (Lipinski definition) is 3. The van der Waals surface area contributed by atoms with Gasteiger partial charge in [0, 0.05) is 23.8 Å². The number of hydrazine groups is 1. The number of anilines is 1. The fourth-order valence-electron chi connectivity index (χ4n) is 4.70. The van der Waals surface area contributed by atoms with Crippen molar-refractivity contribution in [2.75, 3.05) is 12.1 Å². The van der Waals surface area contributed by atoms with Crippen molar-refractivity contribution in [3.8, 4) is 11.1 Å². The molecule has 3 aromatic rings. The SMILES string of the molecule is CN1C=C2C=C(c3ccccc3)NN2c2cc(-c3cccc(Cl)c3)ccc2C12CC2. The van der Waals surface area contributed by atoms with Crippen LogP contribution in [0.15, 0.2) is 90.8 Å². The van der Waals surface area contributed by atoms with E-state index in [0.29, 0.717) is 0 Å². The number of hydrogen-bond donors (Lipinski definition) is 1. The lowest BCUT2D eigenvalue weighted by Gasteiger charge is -2.28. The molecule has 0 amide bonds. The molecule has 3 nitrogen and oxygen atoms in total. The maximum absolute atomic E-state index is 6.27. The molecule has 1 fully saturated rings. The Labute approximate surface area is 181 Å². The molecule has 30 heavy (non-hydrogen) atoms. The van der Waals surface area contributed by atoms with Gasteiger partial charge in [0.05, 0.1) is 22.6 Å². The fourth-order valence-corrected chi connectivity index (χ4v) is 4.89. The Morgan fingerprint density at radius 1 is 0.867 bits per heavy atom. The zero-order valence-corrected chi connectivity index (χ0v) is 17.5. The van der Waals surface area contributed by atoms with Gasteiger partial charge in [-0.2, -0.15) is 0 Å². The highest BCUT2D eigenvalue weighted by molar-refractivity contribution is 6.30. The Hall–Kier alpha value is -3.17. The van der Waals surface area contributed by atoms with Gasteiger partial charge in [0.15, 0.2) is 0 Å². The fraction of sp³-hybridized carbons (Fsp3) is 0.154. The summed E-state index contributed by atoms with van der Waals surface area (Å²) in [5.74, 6) is 0. The normalized spacial score (nSPS) is 18.2. The van der Waals surface area contributed by atoms with Gasteiger partial charge in [0.1, 0.15) is 0 Å². The summed E-state index contributed by atoms with van der Waals surface area (Å²) in [7, 11) is 2.20. The monoisotopic (exact) mass is 411 g/mol. The van der Waals surface area contributed by atoms with Gasteiger partial charge < -0.3 is 4.90 Å². The van der Waals surface area contributed by atoms with Crippen LogP contribution in [0.25, 0.3) is 16.8 Å². The van der Waals surface area contributed by atoms with Gasteiger partial charge in [0.2, 0.25) is 0 Å². The number of rotatable bonds is 2. The van der Waals surface area contributed by atoms with Crippen molar-refractivity contribution in [1.82, 2.24) is 10.3 Å². The molecule has 1 saturated carbocycles. The summed E-state index contributed by atoms with van der Waals surface area (Å²) in [6.07, 6.45) is 6.87. The van der Waals surface area contributed by atoms with Crippen molar-refractivity contribution in [3.05, 3.63) is 107 Å². The van der Waals surface area contributed by atoms with Crippen LogP contribution in [-0.4, -0.2) is 11.9 Å². The van der Waals surface area contributed by atoms with E-state index in [9.17, 15) is 0 Å². The van der Waals surface area contributed by atoms with Crippen LogP contribution in [0.1, 0.15) is 24.0 Å². The van der Waals surface area contributed by atoms with Crippen molar-refractivity contribution >= 4 is 23.0 Å². The minimum absolute atomic E-state index is 0.0992. The van der Waals surface area contributed by atoms with E-state index in [-0.39, 0.29) is 5.54 Å². The third-order valence-corrected chi connectivity index (χ3v) is 6.73. The first-order chi connectivity index (χ1) is 14.6. The lowest BCUT2D eigenvalue weighted by atomic mass is 9.96. The van der Waals surface area contributed by atoms with Gasteiger partial charge in [-0.15, -0.1) is 0 Å². The van der Waals surface area contributed by atoms with Crippen molar-refractivity contribution in [2.45, 2.75) is 18.4 Å². The molecule has 0 radical (unpaired) electrons. The van der Waals surface area contributed by atoms with Crippen LogP contribution in [0.4, 0.5) is 5.69 Å². The molecule has 0 saturated heterocycles. The second-order valence-electron chi connectivity index (χ2n) is 8.31. The Balaban J connectivity index is 1.49. The molecule has 3 aliphatic rings. The summed E-state index contributed by atoms with van der Waals surface area (Å²) in [6.45, 7) is 0. The van der Waals surface area contributed by atoms with Gasteiger partial charge in [-0.05, 0) is 53.8 Å². The number of allylic oxidation sites excluding steroid dienone is 1. The highest BCUT2D eigenvalue weighted by Gasteiger charge is 2.51. The first-order valence-corrected chi connectivity index (χ1v) is 10.7. The van der Waals surface area contributed by atoms with Crippen LogP contribution < -0.4 is 10.4 Å². The standard InChI is InChI=1S/C26H22ClN3/c1-29-17-22-16-24(18-6-3-2-4-7-18)28-30(22)25-15-20(19-8-5-9-21(27)14-19)10-11-23(25)26(29)12-13-26/h2-11,14-17,28H,12-13H2,1H3. The lowest BCUT2D eigenvalue weighted by Crippen LogP contribution is -2.31. The summed E-state index contributed by atoms with van der Waals surface area (Å²) >= 11 is 6.27. The molecular weight excluding hydrogens is 390 g/mol. The minimum Gasteiger partial charge on any atom is -0.369 e. The third kappa shape index (κ3) is 2.66. The Morgan fingerprint density at radius 3 is 2.40 bits per heavy atom. The summed E-state index contributed by atoms with van der Waals surface area (Å²) in [5, 5.41) is 2.99. The van der Waals surface area contributed by atoms with E-state index >= 15 is 0 Å². The molecule has 0 bridgehead atoms. The predicted octanol–water partition coefficient (Wildman–Crippen LogP) is 6.15. The van der Waals surface area contributed by atoms with Gasteiger partial charge in [0.25, 0.3) is 0 Å². The van der Waals surface area contributed by atoms with Gasteiger partial charge in [-0.25, -0.2) is 0 Å². The minimum atomic E-state index is 0.0992. The second kappa shape index (κ2) is 6.41. The molecule has 0 unspecified atom stereocenters. The first-order valence-electron chi connectivity index (χ1n) is 10.3. The summed E-state index contributed by atoms with van der Waals surface area (Å²) in [5.41, 5.74) is 12.1. The maximum Gasteiger partial charge on any atom is 0.0810 e. The van der Waals surface area contributed by atoms with E-state index in [2.05, 4.69) is 83.2 Å². The van der Waals surface area contributed by atoms with Gasteiger partial charge >= 0.3 is 0 Å². The molecule has 1 spiro atoms. The Morgan fingerprint density at radius 2 is 1.63 bits per heavy atom.